The molecule has 1 aromatic rings. The molecule has 9 heteroatoms. The second kappa shape index (κ2) is 8.83. The minimum absolute atomic E-state index is 0.191. The summed E-state index contributed by atoms with van der Waals surface area (Å²) in [5.74, 6) is 0.599. The van der Waals surface area contributed by atoms with Gasteiger partial charge in [-0.2, -0.15) is 0 Å². The molecule has 2 atom stereocenters. The number of morpholine rings is 1. The van der Waals surface area contributed by atoms with Gasteiger partial charge in [0.25, 0.3) is 11.4 Å². The molecule has 28 heavy (non-hydrogen) atoms. The van der Waals surface area contributed by atoms with Crippen LogP contribution in [0.3, 0.4) is 0 Å². The van der Waals surface area contributed by atoms with E-state index >= 15 is 0 Å². The number of nitrogens with zero attached hydrogens (tertiary/aromatic N) is 4. The van der Waals surface area contributed by atoms with E-state index in [1.807, 2.05) is 4.90 Å². The van der Waals surface area contributed by atoms with E-state index in [4.69, 9.17) is 4.74 Å². The molecule has 2 aliphatic rings. The zero-order chi connectivity index (χ0) is 20.3. The van der Waals surface area contributed by atoms with Gasteiger partial charge in [-0.25, -0.2) is 0 Å². The molecule has 0 saturated carbocycles. The minimum Gasteiger partial charge on any atom is -0.373 e. The first-order valence-corrected chi connectivity index (χ1v) is 9.89. The van der Waals surface area contributed by atoms with Crippen molar-refractivity contribution in [3.05, 3.63) is 38.4 Å². The quantitative estimate of drug-likeness (QED) is 0.541. The van der Waals surface area contributed by atoms with Crippen molar-refractivity contribution >= 4 is 17.1 Å². The topological polar surface area (TPSA) is 102 Å². The van der Waals surface area contributed by atoms with Crippen molar-refractivity contribution in [1.82, 2.24) is 4.90 Å². The van der Waals surface area contributed by atoms with Crippen LogP contribution in [-0.4, -0.2) is 59.7 Å². The zero-order valence-electron chi connectivity index (χ0n) is 16.5. The maximum Gasteiger partial charge on any atom is 0.299 e. The van der Waals surface area contributed by atoms with E-state index in [0.29, 0.717) is 11.6 Å². The highest BCUT2D eigenvalue weighted by atomic mass is 16.6. The van der Waals surface area contributed by atoms with Crippen molar-refractivity contribution in [2.45, 2.75) is 45.3 Å². The van der Waals surface area contributed by atoms with Crippen LogP contribution in [0.25, 0.3) is 0 Å². The molecule has 0 N–H and O–H groups in total. The van der Waals surface area contributed by atoms with Crippen LogP contribution in [0, 0.1) is 26.1 Å². The highest BCUT2D eigenvalue weighted by molar-refractivity contribution is 5.67. The molecule has 154 valence electrons. The van der Waals surface area contributed by atoms with E-state index < -0.39 is 9.85 Å². The monoisotopic (exact) mass is 392 g/mol. The Bertz CT molecular complexity index is 710. The number of nitro groups is 2. The van der Waals surface area contributed by atoms with Crippen molar-refractivity contribution < 1.29 is 14.6 Å². The molecular formula is C19H28N4O5. The molecule has 0 radical (unpaired) electrons. The van der Waals surface area contributed by atoms with Crippen LogP contribution in [0.4, 0.5) is 17.1 Å². The summed E-state index contributed by atoms with van der Waals surface area (Å²) in [6.45, 7) is 8.69. The summed E-state index contributed by atoms with van der Waals surface area (Å²) < 4.78 is 5.78. The average Bonchev–Trinajstić information content (AvgIpc) is 2.65. The fraction of sp³-hybridized carbons (Fsp3) is 0.684. The number of benzene rings is 1. The molecule has 0 amide bonds. The lowest BCUT2D eigenvalue weighted by Gasteiger charge is -2.37. The van der Waals surface area contributed by atoms with Gasteiger partial charge in [-0.15, -0.1) is 0 Å². The van der Waals surface area contributed by atoms with Crippen LogP contribution in [0.5, 0.6) is 0 Å². The summed E-state index contributed by atoms with van der Waals surface area (Å²) in [5.41, 5.74) is 0.0353. The highest BCUT2D eigenvalue weighted by Crippen LogP contribution is 2.35. The molecule has 0 aromatic heterocycles. The van der Waals surface area contributed by atoms with Crippen molar-refractivity contribution in [3.63, 3.8) is 0 Å². The predicted octanol–water partition coefficient (Wildman–Crippen LogP) is 3.22. The molecule has 2 saturated heterocycles. The van der Waals surface area contributed by atoms with E-state index in [1.54, 1.807) is 0 Å². The number of piperidine rings is 1. The Morgan fingerprint density at radius 2 is 1.71 bits per heavy atom. The van der Waals surface area contributed by atoms with Gasteiger partial charge in [0.2, 0.25) is 0 Å². The Balaban J connectivity index is 1.55. The summed E-state index contributed by atoms with van der Waals surface area (Å²) in [7, 11) is 0. The lowest BCUT2D eigenvalue weighted by Crippen LogP contribution is -2.46. The number of non-ortho nitro benzene ring substituents is 1. The van der Waals surface area contributed by atoms with E-state index in [9.17, 15) is 20.2 Å². The largest absolute Gasteiger partial charge is 0.373 e. The fourth-order valence-electron chi connectivity index (χ4n) is 4.33. The highest BCUT2D eigenvalue weighted by Gasteiger charge is 2.28. The molecule has 9 nitrogen and oxygen atoms in total. The summed E-state index contributed by atoms with van der Waals surface area (Å²) in [6.07, 6.45) is 3.62. The number of anilines is 1. The van der Waals surface area contributed by atoms with E-state index in [2.05, 4.69) is 18.7 Å². The molecule has 0 bridgehead atoms. The third kappa shape index (κ3) is 4.96. The lowest BCUT2D eigenvalue weighted by atomic mass is 9.92. The molecule has 2 aliphatic heterocycles. The van der Waals surface area contributed by atoms with Gasteiger partial charge in [-0.3, -0.25) is 25.1 Å². The van der Waals surface area contributed by atoms with Crippen LogP contribution < -0.4 is 4.90 Å². The van der Waals surface area contributed by atoms with Crippen molar-refractivity contribution in [3.8, 4) is 0 Å². The summed E-state index contributed by atoms with van der Waals surface area (Å²) >= 11 is 0. The maximum atomic E-state index is 11.4. The van der Waals surface area contributed by atoms with Gasteiger partial charge in [0.05, 0.1) is 28.1 Å². The Morgan fingerprint density at radius 1 is 1.07 bits per heavy atom. The van der Waals surface area contributed by atoms with Crippen LogP contribution in [0.15, 0.2) is 18.2 Å². The smallest absolute Gasteiger partial charge is 0.299 e. The minimum atomic E-state index is -0.601. The number of ether oxygens (including phenoxy) is 1. The molecule has 2 unspecified atom stereocenters. The number of hydrogen-bond acceptors (Lipinski definition) is 7. The van der Waals surface area contributed by atoms with Crippen molar-refractivity contribution in [1.29, 1.82) is 0 Å². The third-order valence-electron chi connectivity index (χ3n) is 5.67. The SMILES string of the molecule is CC1CN(CCC2CCN(c3ccc([N+](=O)[O-])cc3[N+](=O)[O-])CC2)CC(C)O1. The molecule has 2 heterocycles. The van der Waals surface area contributed by atoms with Crippen molar-refractivity contribution in [2.24, 2.45) is 5.92 Å². The van der Waals surface area contributed by atoms with E-state index in [0.717, 1.165) is 58.1 Å². The van der Waals surface area contributed by atoms with Gasteiger partial charge in [0.1, 0.15) is 5.69 Å². The number of hydrogen-bond donors (Lipinski definition) is 0. The van der Waals surface area contributed by atoms with Crippen LogP contribution >= 0.6 is 0 Å². The fourth-order valence-corrected chi connectivity index (χ4v) is 4.33. The van der Waals surface area contributed by atoms with Crippen LogP contribution in [0.2, 0.25) is 0 Å². The molecule has 0 aliphatic carbocycles. The number of rotatable bonds is 6. The van der Waals surface area contributed by atoms with Crippen LogP contribution in [-0.2, 0) is 4.74 Å². The van der Waals surface area contributed by atoms with Crippen molar-refractivity contribution in [2.75, 3.05) is 37.6 Å². The van der Waals surface area contributed by atoms with E-state index in [-0.39, 0.29) is 23.6 Å². The zero-order valence-corrected chi connectivity index (χ0v) is 16.5. The average molecular weight is 392 g/mol. The Kier molecular flexibility index (Phi) is 6.46. The first-order valence-electron chi connectivity index (χ1n) is 9.89. The Morgan fingerprint density at radius 3 is 2.29 bits per heavy atom. The first-order chi connectivity index (χ1) is 13.3. The maximum absolute atomic E-state index is 11.4. The second-order valence-electron chi connectivity index (χ2n) is 7.92. The molecule has 0 spiro atoms. The molecular weight excluding hydrogens is 364 g/mol. The van der Waals surface area contributed by atoms with Gasteiger partial charge < -0.3 is 9.64 Å². The first kappa shape index (κ1) is 20.5. The summed E-state index contributed by atoms with van der Waals surface area (Å²) in [5, 5.41) is 22.3. The van der Waals surface area contributed by atoms with Gasteiger partial charge in [-0.1, -0.05) is 0 Å². The Hall–Kier alpha value is -2.26. The number of nitro benzene ring substituents is 2. The molecule has 3 rings (SSSR count). The summed E-state index contributed by atoms with van der Waals surface area (Å²) in [6, 6.07) is 3.91. The van der Waals surface area contributed by atoms with Gasteiger partial charge in [0, 0.05) is 32.2 Å². The second-order valence-corrected chi connectivity index (χ2v) is 7.92. The Labute approximate surface area is 164 Å². The third-order valence-corrected chi connectivity index (χ3v) is 5.67. The lowest BCUT2D eigenvalue weighted by molar-refractivity contribution is -0.393. The van der Waals surface area contributed by atoms with Gasteiger partial charge in [0.15, 0.2) is 0 Å². The molecule has 1 aromatic carbocycles. The van der Waals surface area contributed by atoms with Gasteiger partial charge in [-0.05, 0) is 51.6 Å². The normalized spacial score (nSPS) is 24.3. The standard InChI is InChI=1S/C19H28N4O5/c1-14-12-20(13-15(2)28-14)8-5-16-6-9-21(10-7-16)18-4-3-17(22(24)25)11-19(18)23(26)27/h3-4,11,14-16H,5-10,12-13H2,1-2H3. The van der Waals surface area contributed by atoms with E-state index in [1.165, 1.54) is 12.1 Å². The van der Waals surface area contributed by atoms with Crippen LogP contribution in [0.1, 0.15) is 33.1 Å². The van der Waals surface area contributed by atoms with Gasteiger partial charge >= 0.3 is 0 Å². The summed E-state index contributed by atoms with van der Waals surface area (Å²) in [4.78, 5) is 25.6. The predicted molar refractivity (Wildman–Crippen MR) is 106 cm³/mol. The molecule has 2 fully saturated rings.